The van der Waals surface area contributed by atoms with Crippen molar-refractivity contribution in [2.24, 2.45) is 0 Å². The van der Waals surface area contributed by atoms with Crippen LogP contribution in [0.5, 0.6) is 0 Å². The summed E-state index contributed by atoms with van der Waals surface area (Å²) in [6, 6.07) is 10.1. The van der Waals surface area contributed by atoms with E-state index in [-0.39, 0.29) is 6.10 Å². The molecule has 1 aliphatic heterocycles. The summed E-state index contributed by atoms with van der Waals surface area (Å²) in [5.74, 6) is 1.21. The lowest BCUT2D eigenvalue weighted by Crippen LogP contribution is -2.46. The van der Waals surface area contributed by atoms with Gasteiger partial charge in [0.15, 0.2) is 5.82 Å². The monoisotopic (exact) mass is 389 g/mol. The van der Waals surface area contributed by atoms with E-state index >= 15 is 0 Å². The molecule has 7 nitrogen and oxygen atoms in total. The number of benzene rings is 1. The number of aliphatic hydroxyl groups excluding tert-OH is 1. The molecule has 2 heterocycles. The quantitative estimate of drug-likeness (QED) is 0.705. The third-order valence-corrected chi connectivity index (χ3v) is 5.21. The van der Waals surface area contributed by atoms with Crippen LogP contribution in [0.2, 0.25) is 0 Å². The van der Waals surface area contributed by atoms with Gasteiger partial charge in [-0.05, 0) is 32.3 Å². The number of methoxy groups -OCH3 is 1. The van der Waals surface area contributed by atoms with Gasteiger partial charge >= 0.3 is 0 Å². The predicted molar refractivity (Wildman–Crippen MR) is 105 cm³/mol. The second-order valence-corrected chi connectivity index (χ2v) is 7.71. The summed E-state index contributed by atoms with van der Waals surface area (Å²) in [4.78, 5) is 6.85. The van der Waals surface area contributed by atoms with Crippen molar-refractivity contribution in [1.82, 2.24) is 15.0 Å². The highest BCUT2D eigenvalue weighted by Gasteiger charge is 2.41. The van der Waals surface area contributed by atoms with Crippen molar-refractivity contribution in [2.45, 2.75) is 50.9 Å². The number of likely N-dealkylation sites (tertiary alicyclic amines) is 1. The lowest BCUT2D eigenvalue weighted by atomic mass is 9.90. The van der Waals surface area contributed by atoms with Crippen molar-refractivity contribution < 1.29 is 19.1 Å². The molecular formula is C21H31N3O4. The van der Waals surface area contributed by atoms with Gasteiger partial charge in [-0.3, -0.25) is 0 Å². The van der Waals surface area contributed by atoms with E-state index in [9.17, 15) is 5.11 Å². The highest BCUT2D eigenvalue weighted by molar-refractivity contribution is 5.18. The number of nitrogens with zero attached hydrogens (tertiary/aromatic N) is 3. The smallest absolute Gasteiger partial charge is 0.258 e. The van der Waals surface area contributed by atoms with E-state index in [0.29, 0.717) is 31.3 Å². The van der Waals surface area contributed by atoms with E-state index in [1.807, 2.05) is 32.0 Å². The summed E-state index contributed by atoms with van der Waals surface area (Å²) in [5, 5.41) is 14.3. The summed E-state index contributed by atoms with van der Waals surface area (Å²) >= 11 is 0. The molecule has 0 radical (unpaired) electrons. The fourth-order valence-corrected chi connectivity index (χ4v) is 3.55. The Hall–Kier alpha value is -1.80. The van der Waals surface area contributed by atoms with Crippen LogP contribution in [0.1, 0.15) is 44.0 Å². The lowest BCUT2D eigenvalue weighted by molar-refractivity contribution is -0.0899. The van der Waals surface area contributed by atoms with E-state index in [0.717, 1.165) is 31.5 Å². The second-order valence-electron chi connectivity index (χ2n) is 7.71. The number of hydrogen-bond donors (Lipinski definition) is 1. The van der Waals surface area contributed by atoms with Gasteiger partial charge in [-0.1, -0.05) is 35.5 Å². The molecule has 0 amide bonds. The second kappa shape index (κ2) is 9.60. The van der Waals surface area contributed by atoms with E-state index in [1.54, 1.807) is 7.11 Å². The Kier molecular flexibility index (Phi) is 7.18. The average Bonchev–Trinajstić information content (AvgIpc) is 3.17. The van der Waals surface area contributed by atoms with Crippen LogP contribution in [0.4, 0.5) is 0 Å². The van der Waals surface area contributed by atoms with E-state index in [1.165, 1.54) is 0 Å². The standard InChI is InChI=1S/C21H31N3O4/c1-16(2)27-15-18(25)14-24-11-9-21(26-3,10-12-24)20-22-19(23-28-20)13-17-7-5-4-6-8-17/h4-8,16,18,25H,9-15H2,1-3H3/t18-/m1/s1. The van der Waals surface area contributed by atoms with Crippen LogP contribution in [-0.2, 0) is 21.5 Å². The van der Waals surface area contributed by atoms with Crippen LogP contribution in [0.15, 0.2) is 34.9 Å². The van der Waals surface area contributed by atoms with Crippen LogP contribution >= 0.6 is 0 Å². The van der Waals surface area contributed by atoms with Gasteiger partial charge in [0.05, 0.1) is 18.8 Å². The lowest BCUT2D eigenvalue weighted by Gasteiger charge is -2.38. The van der Waals surface area contributed by atoms with Crippen LogP contribution in [0.25, 0.3) is 0 Å². The van der Waals surface area contributed by atoms with Gasteiger partial charge in [0, 0.05) is 33.2 Å². The summed E-state index contributed by atoms with van der Waals surface area (Å²) in [6.07, 6.45) is 1.76. The zero-order chi connectivity index (χ0) is 20.0. The van der Waals surface area contributed by atoms with Crippen molar-refractivity contribution >= 4 is 0 Å². The van der Waals surface area contributed by atoms with Gasteiger partial charge in [-0.15, -0.1) is 0 Å². The Bertz CT molecular complexity index is 711. The number of ether oxygens (including phenoxy) is 2. The molecular weight excluding hydrogens is 358 g/mol. The number of piperidine rings is 1. The zero-order valence-electron chi connectivity index (χ0n) is 17.0. The molecule has 0 bridgehead atoms. The minimum absolute atomic E-state index is 0.125. The number of rotatable bonds is 9. The third kappa shape index (κ3) is 5.38. The fraction of sp³-hybridized carbons (Fsp3) is 0.619. The maximum absolute atomic E-state index is 10.2. The minimum atomic E-state index is -0.558. The molecule has 1 saturated heterocycles. The Morgan fingerprint density at radius 2 is 1.93 bits per heavy atom. The molecule has 1 N–H and O–H groups in total. The van der Waals surface area contributed by atoms with Gasteiger partial charge in [0.2, 0.25) is 0 Å². The molecule has 3 rings (SSSR count). The van der Waals surface area contributed by atoms with Crippen LogP contribution in [-0.4, -0.2) is 65.7 Å². The van der Waals surface area contributed by atoms with Gasteiger partial charge in [0.25, 0.3) is 5.89 Å². The van der Waals surface area contributed by atoms with Crippen molar-refractivity contribution in [3.05, 3.63) is 47.6 Å². The Balaban J connectivity index is 1.56. The van der Waals surface area contributed by atoms with E-state index < -0.39 is 11.7 Å². The highest BCUT2D eigenvalue weighted by atomic mass is 16.5. The molecule has 154 valence electrons. The number of aromatic nitrogens is 2. The summed E-state index contributed by atoms with van der Waals surface area (Å²) in [7, 11) is 1.70. The fourth-order valence-electron chi connectivity index (χ4n) is 3.55. The molecule has 1 aromatic heterocycles. The van der Waals surface area contributed by atoms with Gasteiger partial charge in [0.1, 0.15) is 5.60 Å². The van der Waals surface area contributed by atoms with E-state index in [2.05, 4.69) is 27.2 Å². The molecule has 2 aromatic rings. The van der Waals surface area contributed by atoms with Crippen molar-refractivity contribution in [2.75, 3.05) is 33.4 Å². The van der Waals surface area contributed by atoms with Crippen LogP contribution in [0.3, 0.4) is 0 Å². The highest BCUT2D eigenvalue weighted by Crippen LogP contribution is 2.35. The van der Waals surface area contributed by atoms with Gasteiger partial charge < -0.3 is 24.0 Å². The van der Waals surface area contributed by atoms with Crippen LogP contribution in [0, 0.1) is 0 Å². The number of hydrogen-bond acceptors (Lipinski definition) is 7. The number of aliphatic hydroxyl groups is 1. The molecule has 0 unspecified atom stereocenters. The van der Waals surface area contributed by atoms with E-state index in [4.69, 9.17) is 14.0 Å². The Labute approximate surface area is 166 Å². The summed E-state index contributed by atoms with van der Waals surface area (Å²) in [5.41, 5.74) is 0.589. The Morgan fingerprint density at radius 1 is 1.21 bits per heavy atom. The SMILES string of the molecule is COC1(c2nc(Cc3ccccc3)no2)CCN(C[C@@H](O)COC(C)C)CC1. The topological polar surface area (TPSA) is 80.9 Å². The molecule has 1 atom stereocenters. The van der Waals surface area contributed by atoms with Crippen molar-refractivity contribution in [3.63, 3.8) is 0 Å². The van der Waals surface area contributed by atoms with Gasteiger partial charge in [-0.2, -0.15) is 4.98 Å². The molecule has 0 spiro atoms. The molecule has 28 heavy (non-hydrogen) atoms. The first-order valence-electron chi connectivity index (χ1n) is 9.95. The summed E-state index contributed by atoms with van der Waals surface area (Å²) < 4.78 is 16.9. The van der Waals surface area contributed by atoms with Crippen LogP contribution < -0.4 is 0 Å². The maximum atomic E-state index is 10.2. The molecule has 1 fully saturated rings. The molecule has 0 saturated carbocycles. The first kappa shape index (κ1) is 20.9. The first-order chi connectivity index (χ1) is 13.5. The molecule has 1 aliphatic rings. The average molecular weight is 389 g/mol. The largest absolute Gasteiger partial charge is 0.389 e. The van der Waals surface area contributed by atoms with Crippen molar-refractivity contribution in [1.29, 1.82) is 0 Å². The van der Waals surface area contributed by atoms with Crippen molar-refractivity contribution in [3.8, 4) is 0 Å². The normalized spacial score (nSPS) is 18.5. The number of β-amino-alcohol motifs (C(OH)–C–C–N with tert-alkyl or cyclic N) is 1. The molecule has 7 heteroatoms. The summed E-state index contributed by atoms with van der Waals surface area (Å²) in [6.45, 7) is 6.48. The minimum Gasteiger partial charge on any atom is -0.389 e. The molecule has 0 aliphatic carbocycles. The zero-order valence-corrected chi connectivity index (χ0v) is 17.0. The maximum Gasteiger partial charge on any atom is 0.258 e. The Morgan fingerprint density at radius 3 is 2.57 bits per heavy atom. The van der Waals surface area contributed by atoms with Gasteiger partial charge in [-0.25, -0.2) is 0 Å². The molecule has 1 aromatic carbocycles. The third-order valence-electron chi connectivity index (χ3n) is 5.21. The predicted octanol–water partition coefficient (Wildman–Crippen LogP) is 2.38. The first-order valence-corrected chi connectivity index (χ1v) is 9.95.